The van der Waals surface area contributed by atoms with Gasteiger partial charge in [-0.25, -0.2) is 14.4 Å². The molecule has 0 spiro atoms. The van der Waals surface area contributed by atoms with Gasteiger partial charge in [0.15, 0.2) is 76.1 Å². The Labute approximate surface area is 650 Å². The van der Waals surface area contributed by atoms with Crippen LogP contribution >= 0.6 is 0 Å². The molecular formula is C91H89O16S3+3. The minimum atomic E-state index is -0.558. The first-order chi connectivity index (χ1) is 53.4. The minimum absolute atomic E-state index is 0.00586. The SMILES string of the molecule is Cc1cc([S+](c2ccccc2)c2ccccc2)cc(C)c1OCC(=O)OC1C2CC3C(=O)OC1C3C2.Cc1cc([S+](c2ccccc2)c2ccccc2)cc(C)c1OCC(=O)OC1C2CC3C(=O)OC1C3O2.Cc1cc([S+](c2ccccc2)c2ccccc2)cc(C)c1OCC(=O)OC1C2CC3CC(C2)C(=O)OC1C3. The Bertz CT molecular complexity index is 4490. The second kappa shape index (κ2) is 32.3. The minimum Gasteiger partial charge on any atom is -0.481 e. The topological polar surface area (TPSA) is 195 Å². The third kappa shape index (κ3) is 15.4. The van der Waals surface area contributed by atoms with Gasteiger partial charge in [-0.1, -0.05) is 109 Å². The van der Waals surface area contributed by atoms with E-state index in [1.165, 1.54) is 44.1 Å². The molecule has 0 N–H and O–H groups in total. The maximum absolute atomic E-state index is 12.9. The molecule has 110 heavy (non-hydrogen) atoms. The van der Waals surface area contributed by atoms with Gasteiger partial charge >= 0.3 is 35.8 Å². The molecule has 9 aromatic carbocycles. The summed E-state index contributed by atoms with van der Waals surface area (Å²) in [6.07, 6.45) is 2.77. The maximum atomic E-state index is 12.9. The Morgan fingerprint density at radius 1 is 0.336 bits per heavy atom. The fourth-order valence-corrected chi connectivity index (χ4v) is 25.0. The molecule has 0 radical (unpaired) electrons. The van der Waals surface area contributed by atoms with Gasteiger partial charge in [0, 0.05) is 54.2 Å². The Balaban J connectivity index is 0.000000125. The summed E-state index contributed by atoms with van der Waals surface area (Å²) in [4.78, 5) is 85.5. The van der Waals surface area contributed by atoms with Crippen molar-refractivity contribution in [3.8, 4) is 17.2 Å². The van der Waals surface area contributed by atoms with Gasteiger partial charge in [0.2, 0.25) is 0 Å². The summed E-state index contributed by atoms with van der Waals surface area (Å²) in [5.74, 6) is 1.17. The van der Waals surface area contributed by atoms with Gasteiger partial charge in [0.05, 0.1) is 56.5 Å². The van der Waals surface area contributed by atoms with Crippen molar-refractivity contribution >= 4 is 68.5 Å². The summed E-state index contributed by atoms with van der Waals surface area (Å²) in [6, 6.07) is 76.0. The third-order valence-electron chi connectivity index (χ3n) is 22.7. The highest BCUT2D eigenvalue weighted by Crippen LogP contribution is 2.56. The molecule has 16 nitrogen and oxygen atoms in total. The van der Waals surface area contributed by atoms with Gasteiger partial charge in [-0.05, 0) is 199 Å². The Morgan fingerprint density at radius 2 is 0.691 bits per heavy atom. The average Bonchev–Trinajstić information content (AvgIpc) is 1.57. The number of hydrogen-bond acceptors (Lipinski definition) is 16. The number of benzene rings is 9. The van der Waals surface area contributed by atoms with Crippen molar-refractivity contribution in [1.82, 2.24) is 0 Å². The summed E-state index contributed by atoms with van der Waals surface area (Å²) in [5.41, 5.74) is 5.84. The van der Waals surface area contributed by atoms with Crippen molar-refractivity contribution in [2.24, 2.45) is 41.4 Å². The van der Waals surface area contributed by atoms with Crippen LogP contribution in [0.15, 0.2) is 262 Å². The molecule has 4 saturated carbocycles. The van der Waals surface area contributed by atoms with E-state index < -0.39 is 30.1 Å². The Hall–Kier alpha value is -9.79. The van der Waals surface area contributed by atoms with Gasteiger partial charge in [0.25, 0.3) is 0 Å². The normalized spacial score (nSPS) is 25.7. The first-order valence-corrected chi connectivity index (χ1v) is 41.7. The van der Waals surface area contributed by atoms with E-state index in [-0.39, 0.29) is 143 Å². The third-order valence-corrected chi connectivity index (χ3v) is 29.3. The second-order valence-electron chi connectivity index (χ2n) is 30.2. The van der Waals surface area contributed by atoms with Crippen LogP contribution in [0.3, 0.4) is 0 Å². The molecule has 19 rings (SSSR count). The molecule has 6 heterocycles. The van der Waals surface area contributed by atoms with Gasteiger partial charge in [-0.15, -0.1) is 0 Å². The van der Waals surface area contributed by atoms with Crippen molar-refractivity contribution in [2.45, 2.75) is 179 Å². The van der Waals surface area contributed by atoms with E-state index in [1.807, 2.05) is 77.9 Å². The van der Waals surface area contributed by atoms with Gasteiger partial charge in [-0.3, -0.25) is 14.4 Å². The number of carbonyl (C=O) groups excluding carboxylic acids is 6. The molecule has 15 atom stereocenters. The van der Waals surface area contributed by atoms with E-state index >= 15 is 0 Å². The molecule has 6 aliphatic heterocycles. The van der Waals surface area contributed by atoms with Crippen molar-refractivity contribution in [3.63, 3.8) is 0 Å². The number of esters is 6. The fraction of sp³-hybridized carbons (Fsp3) is 0.341. The van der Waals surface area contributed by atoms with Crippen LogP contribution in [0.4, 0.5) is 0 Å². The number of rotatable bonds is 21. The average molecular weight is 1530 g/mol. The first kappa shape index (κ1) is 74.3. The lowest BCUT2D eigenvalue weighted by molar-refractivity contribution is -0.174. The standard InChI is InChI=1S/C32H33O5S.C30H29O5S.C29H27O6S/c1-20-13-27(38(25-9-5-3-6-10-25)26-11-7-4-8-12-26)14-21(2)30(20)35-19-29(33)37-31-23-15-22-16-24(18-23)32(34)36-28(31)17-22;1-18-13-23(36(21-9-5-3-6-10-21)22-11-7-4-8-12-22)14-19(2)27(18)33-17-26(31)34-28-20-15-24-25(16-20)30(32)35-29(24)28;1-17-13-21(36(19-9-5-3-6-10-19)20-11-7-4-8-12-20)14-18(2)25(17)32-16-24(30)34-27-23-15-22-26(33-23)28(27)35-29(22)31/h3-14,22-24,28,31H,15-19H2,1-2H3;3-14,20,24-25,28-29H,15-17H2,1-2H3;3-14,22-23,26-28H,15-16H2,1-2H3/q3*+1. The Morgan fingerprint density at radius 3 is 1.09 bits per heavy atom. The lowest BCUT2D eigenvalue weighted by atomic mass is 9.67. The van der Waals surface area contributed by atoms with Crippen LogP contribution in [-0.2, 0) is 94.6 Å². The summed E-state index contributed by atoms with van der Waals surface area (Å²) < 4.78 is 57.7. The van der Waals surface area contributed by atoms with E-state index in [2.05, 4.69) is 182 Å². The highest BCUT2D eigenvalue weighted by molar-refractivity contribution is 7.97. The zero-order valence-electron chi connectivity index (χ0n) is 62.3. The number of aryl methyl sites for hydroxylation is 6. The molecule has 19 heteroatoms. The fourth-order valence-electron chi connectivity index (χ4n) is 18.2. The summed E-state index contributed by atoms with van der Waals surface area (Å²) in [5, 5.41) is 0. The lowest BCUT2D eigenvalue weighted by Crippen LogP contribution is -2.45. The molecule has 15 unspecified atom stereocenters. The lowest BCUT2D eigenvalue weighted by Gasteiger charge is -2.41. The van der Waals surface area contributed by atoms with Crippen LogP contribution in [0, 0.1) is 83.0 Å². The molecule has 0 amide bonds. The van der Waals surface area contributed by atoms with Gasteiger partial charge < -0.3 is 47.4 Å². The van der Waals surface area contributed by atoms with E-state index in [4.69, 9.17) is 47.4 Å². The second-order valence-corrected chi connectivity index (χ2v) is 36.3. The van der Waals surface area contributed by atoms with Crippen molar-refractivity contribution < 1.29 is 76.1 Å². The van der Waals surface area contributed by atoms with E-state index in [1.54, 1.807) is 0 Å². The molecule has 564 valence electrons. The van der Waals surface area contributed by atoms with E-state index in [0.717, 1.165) is 71.9 Å². The molecular weight excluding hydrogens is 1450 g/mol. The van der Waals surface area contributed by atoms with Crippen molar-refractivity contribution in [1.29, 1.82) is 0 Å². The van der Waals surface area contributed by atoms with Gasteiger partial charge in [-0.2, -0.15) is 0 Å². The number of carbonyl (C=O) groups is 6. The van der Waals surface area contributed by atoms with Crippen LogP contribution in [0.2, 0.25) is 0 Å². The number of fused-ring (bicyclic) bond motifs is 3. The highest BCUT2D eigenvalue weighted by Gasteiger charge is 2.66. The molecule has 0 aromatic heterocycles. The largest absolute Gasteiger partial charge is 0.481 e. The summed E-state index contributed by atoms with van der Waals surface area (Å²) >= 11 is 0. The molecule has 4 aliphatic carbocycles. The zero-order valence-corrected chi connectivity index (χ0v) is 64.7. The molecule has 6 saturated heterocycles. The molecule has 8 bridgehead atoms. The molecule has 10 fully saturated rings. The van der Waals surface area contributed by atoms with Crippen LogP contribution in [0.5, 0.6) is 17.2 Å². The van der Waals surface area contributed by atoms with Crippen LogP contribution in [0.1, 0.15) is 78.3 Å². The van der Waals surface area contributed by atoms with E-state index in [0.29, 0.717) is 29.6 Å². The van der Waals surface area contributed by atoms with Crippen molar-refractivity contribution in [3.05, 3.63) is 252 Å². The highest BCUT2D eigenvalue weighted by atomic mass is 32.2. The monoisotopic (exact) mass is 1530 g/mol. The first-order valence-electron chi connectivity index (χ1n) is 38.1. The molecule has 10 aliphatic rings. The number of ether oxygens (including phenoxy) is 10. The molecule has 9 aromatic rings. The van der Waals surface area contributed by atoms with Gasteiger partial charge in [0.1, 0.15) is 47.8 Å². The van der Waals surface area contributed by atoms with Crippen LogP contribution in [0.25, 0.3) is 0 Å². The maximum Gasteiger partial charge on any atom is 0.344 e. The van der Waals surface area contributed by atoms with Crippen molar-refractivity contribution in [2.75, 3.05) is 19.8 Å². The predicted molar refractivity (Wildman–Crippen MR) is 414 cm³/mol. The predicted octanol–water partition coefficient (Wildman–Crippen LogP) is 15.7. The van der Waals surface area contributed by atoms with Crippen LogP contribution in [-0.4, -0.2) is 104 Å². The summed E-state index contributed by atoms with van der Waals surface area (Å²) in [6.45, 7) is 11.5. The summed E-state index contributed by atoms with van der Waals surface area (Å²) in [7, 11) is -0.777. The zero-order chi connectivity index (χ0) is 75.8. The smallest absolute Gasteiger partial charge is 0.344 e. The van der Waals surface area contributed by atoms with Crippen LogP contribution < -0.4 is 14.2 Å². The quantitative estimate of drug-likeness (QED) is 0.0374. The van der Waals surface area contributed by atoms with E-state index in [9.17, 15) is 28.8 Å². The Kier molecular flexibility index (Phi) is 21.8. The number of hydrogen-bond donors (Lipinski definition) is 0.